The van der Waals surface area contributed by atoms with Gasteiger partial charge in [-0.3, -0.25) is 0 Å². The van der Waals surface area contributed by atoms with Crippen molar-refractivity contribution in [3.05, 3.63) is 47.5 Å². The first-order valence-corrected chi connectivity index (χ1v) is 11.2. The van der Waals surface area contributed by atoms with Gasteiger partial charge in [0.2, 0.25) is 0 Å². The Kier molecular flexibility index (Phi) is 14.0. The van der Waals surface area contributed by atoms with Gasteiger partial charge in [-0.25, -0.2) is 16.8 Å². The smallest absolute Gasteiger partial charge is 1.00 e. The molecule has 0 heterocycles. The quantitative estimate of drug-likeness (QED) is 0.355. The zero-order valence-corrected chi connectivity index (χ0v) is 21.9. The van der Waals surface area contributed by atoms with Crippen LogP contribution in [0.25, 0.3) is 0 Å². The molecule has 2 aromatic rings. The van der Waals surface area contributed by atoms with Gasteiger partial charge >= 0.3 is 38.6 Å². The molecule has 2 N–H and O–H groups in total. The maximum Gasteiger partial charge on any atom is 2.00 e. The van der Waals surface area contributed by atoms with Crippen molar-refractivity contribution in [1.82, 2.24) is 0 Å². The molecule has 0 fully saturated rings. The number of aromatic hydroxyl groups is 2. The Morgan fingerprint density at radius 2 is 0.879 bits per heavy atom. The summed E-state index contributed by atoms with van der Waals surface area (Å²) in [4.78, 5) is -2.17. The molecule has 0 aromatic heterocycles. The van der Waals surface area contributed by atoms with Crippen LogP contribution >= 0.6 is 0 Å². The predicted octanol–water partition coefficient (Wildman–Crippen LogP) is -2.37. The summed E-state index contributed by atoms with van der Waals surface area (Å²) >= 11 is 0. The van der Waals surface area contributed by atoms with Crippen LogP contribution in [0.3, 0.4) is 0 Å². The van der Waals surface area contributed by atoms with Crippen LogP contribution < -0.4 is 24.8 Å². The summed E-state index contributed by atoms with van der Waals surface area (Å²) in [6.45, 7) is 0. The number of sulfone groups is 2. The minimum atomic E-state index is -4.81. The van der Waals surface area contributed by atoms with E-state index in [0.29, 0.717) is 24.6 Å². The van der Waals surface area contributed by atoms with Gasteiger partial charge in [-0.2, -0.15) is 26.3 Å². The molecule has 0 aliphatic carbocycles. The van der Waals surface area contributed by atoms with Gasteiger partial charge < -0.3 is 35.0 Å². The molecular weight excluding hydrogens is 628 g/mol. The maximum absolute atomic E-state index is 12.4. The number of rotatable bonds is 2. The number of phenolic OH excluding ortho intramolecular Hbond substituents is 2. The van der Waals surface area contributed by atoms with Crippen molar-refractivity contribution in [1.29, 1.82) is 0 Å². The van der Waals surface area contributed by atoms with Crippen molar-refractivity contribution >= 4 is 19.7 Å². The van der Waals surface area contributed by atoms with Crippen molar-refractivity contribution in [2.45, 2.75) is 22.1 Å². The van der Waals surface area contributed by atoms with E-state index in [9.17, 15) is 43.2 Å². The fourth-order valence-electron chi connectivity index (χ4n) is 2.28. The van der Waals surface area contributed by atoms with Crippen LogP contribution in [0.15, 0.2) is 46.2 Å². The monoisotopic (exact) mass is 640 g/mol. The second kappa shape index (κ2) is 12.6. The van der Waals surface area contributed by atoms with Crippen molar-refractivity contribution in [2.75, 3.05) is 12.5 Å². The Labute approximate surface area is 216 Å². The van der Waals surface area contributed by atoms with Crippen molar-refractivity contribution in [3.63, 3.8) is 0 Å². The summed E-state index contributed by atoms with van der Waals surface area (Å²) < 4.78 is 119. The summed E-state index contributed by atoms with van der Waals surface area (Å²) in [7, 11) is -8.23. The second-order valence-electron chi connectivity index (χ2n) is 5.85. The molecule has 0 aliphatic rings. The molecule has 0 saturated heterocycles. The van der Waals surface area contributed by atoms with E-state index in [-0.39, 0.29) is 51.0 Å². The molecule has 0 bridgehead atoms. The van der Waals surface area contributed by atoms with Gasteiger partial charge in [-0.1, -0.05) is 12.1 Å². The Bertz CT molecular complexity index is 1060. The molecule has 186 valence electrons. The van der Waals surface area contributed by atoms with Crippen LogP contribution in [0.2, 0.25) is 0 Å². The number of alkyl halides is 6. The summed E-state index contributed by atoms with van der Waals surface area (Å²) in [6, 6.07) is 4.88. The molecule has 17 heteroatoms. The molecule has 0 amide bonds. The van der Waals surface area contributed by atoms with E-state index < -0.39 is 64.4 Å². The predicted molar refractivity (Wildman–Crippen MR) is 92.4 cm³/mol. The normalized spacial score (nSPS) is 11.6. The number of hydrogen-bond acceptors (Lipinski definition) is 6. The third-order valence-corrected chi connectivity index (χ3v) is 5.68. The summed E-state index contributed by atoms with van der Waals surface area (Å²) in [6.07, 6.45) is -8.40. The van der Waals surface area contributed by atoms with Crippen LogP contribution in [0, 0.1) is 0 Å². The first-order chi connectivity index (χ1) is 13.3. The zero-order valence-electron chi connectivity index (χ0n) is 16.3. The molecule has 0 unspecified atom stereocenters. The Morgan fingerprint density at radius 1 is 0.636 bits per heavy atom. The van der Waals surface area contributed by atoms with E-state index >= 15 is 0 Å². The first kappa shape index (κ1) is 36.5. The molecule has 33 heavy (non-hydrogen) atoms. The summed E-state index contributed by atoms with van der Waals surface area (Å²) in [5.74, 6) is -1.79. The third-order valence-electron chi connectivity index (χ3n) is 3.34. The molecule has 2 rings (SSSR count). The number of phenols is 2. The molecule has 2 aromatic carbocycles. The van der Waals surface area contributed by atoms with Gasteiger partial charge in [-0.05, 0) is 24.3 Å². The molecule has 6 nitrogen and oxygen atoms in total. The van der Waals surface area contributed by atoms with Crippen molar-refractivity contribution in [2.24, 2.45) is 0 Å². The van der Waals surface area contributed by atoms with E-state index in [1.54, 1.807) is 0 Å². The average Bonchev–Trinajstić information content (AvgIpc) is 2.51. The van der Waals surface area contributed by atoms with Gasteiger partial charge in [0.1, 0.15) is 21.3 Å². The summed E-state index contributed by atoms with van der Waals surface area (Å²) in [5, 5.41) is 18.2. The SMILES string of the molecule is CS(=O)(=O)c1c(O)cccc1C(F)(F)F.CS(=O)(=O)c1c(O)cccc1C(F)(F)F.[Cl-].[Cl-].[Zr+2]. The van der Waals surface area contributed by atoms with E-state index in [1.807, 2.05) is 0 Å². The molecule has 0 atom stereocenters. The van der Waals surface area contributed by atoms with Crippen LogP contribution in [0.4, 0.5) is 26.3 Å². The molecular formula is C16H14Cl2F6O6S2Zr. The average molecular weight is 643 g/mol. The minimum Gasteiger partial charge on any atom is -1.00 e. The van der Waals surface area contributed by atoms with Crippen LogP contribution in [-0.4, -0.2) is 39.6 Å². The van der Waals surface area contributed by atoms with Gasteiger partial charge in [-0.15, -0.1) is 0 Å². The fraction of sp³-hybridized carbons (Fsp3) is 0.250. The largest absolute Gasteiger partial charge is 2.00 e. The van der Waals surface area contributed by atoms with Crippen molar-refractivity contribution in [3.8, 4) is 11.5 Å². The van der Waals surface area contributed by atoms with Crippen LogP contribution in [0.1, 0.15) is 11.1 Å². The Balaban J connectivity index is -0.000000500. The molecule has 0 aliphatic heterocycles. The third kappa shape index (κ3) is 10.0. The van der Waals surface area contributed by atoms with Gasteiger partial charge in [0, 0.05) is 12.5 Å². The standard InChI is InChI=1S/2C8H7F3O3S.2ClH.Zr/c2*1-15(13,14)7-5(8(9,10)11)3-2-4-6(7)12;;;/h2*2-4,12H,1H3;2*1H;/q;;;;+2/p-2. The first-order valence-electron chi connectivity index (χ1n) is 7.46. The molecule has 0 radical (unpaired) electrons. The van der Waals surface area contributed by atoms with E-state index in [0.717, 1.165) is 24.3 Å². The minimum absolute atomic E-state index is 0. The van der Waals surface area contributed by atoms with E-state index in [4.69, 9.17) is 10.2 Å². The Morgan fingerprint density at radius 3 is 1.03 bits per heavy atom. The molecule has 0 saturated carbocycles. The summed E-state index contributed by atoms with van der Waals surface area (Å²) in [5.41, 5.74) is -2.71. The number of hydrogen-bond donors (Lipinski definition) is 2. The van der Waals surface area contributed by atoms with Crippen molar-refractivity contribution < 1.29 is 104 Å². The fourth-order valence-corrected chi connectivity index (χ4v) is 4.34. The van der Waals surface area contributed by atoms with Gasteiger partial charge in [0.15, 0.2) is 19.7 Å². The van der Waals surface area contributed by atoms with Gasteiger partial charge in [0.25, 0.3) is 0 Å². The zero-order chi connectivity index (χ0) is 23.7. The number of halogens is 8. The maximum atomic E-state index is 12.4. The van der Waals surface area contributed by atoms with Crippen LogP contribution in [0.5, 0.6) is 11.5 Å². The van der Waals surface area contributed by atoms with E-state index in [2.05, 4.69) is 0 Å². The van der Waals surface area contributed by atoms with Gasteiger partial charge in [0.05, 0.1) is 11.1 Å². The second-order valence-corrected chi connectivity index (χ2v) is 9.75. The topological polar surface area (TPSA) is 109 Å². The number of benzene rings is 2. The molecule has 0 spiro atoms. The van der Waals surface area contributed by atoms with Crippen LogP contribution in [-0.2, 0) is 58.2 Å². The van der Waals surface area contributed by atoms with E-state index in [1.165, 1.54) is 0 Å². The Hall–Kier alpha value is -1.02.